The smallest absolute Gasteiger partial charge is 0.0914 e. The zero-order valence-electron chi connectivity index (χ0n) is 12.5. The third kappa shape index (κ3) is 2.23. The maximum atomic E-state index is 5.57. The van der Waals surface area contributed by atoms with Crippen molar-refractivity contribution in [1.29, 1.82) is 0 Å². The molecule has 3 aromatic rings. The minimum atomic E-state index is 0.351. The number of nitrogens with one attached hydrogen (secondary N) is 1. The Bertz CT molecular complexity index is 784. The number of hydrogen-bond acceptors (Lipinski definition) is 4. The fourth-order valence-corrected chi connectivity index (χ4v) is 3.01. The van der Waals surface area contributed by atoms with Crippen LogP contribution >= 0.6 is 0 Å². The van der Waals surface area contributed by atoms with Crippen LogP contribution in [-0.4, -0.2) is 40.8 Å². The Morgan fingerprint density at radius 2 is 2.32 bits per heavy atom. The molecule has 0 aromatic carbocycles. The molecule has 0 saturated carbocycles. The van der Waals surface area contributed by atoms with Crippen LogP contribution in [0, 0.1) is 0 Å². The van der Waals surface area contributed by atoms with E-state index in [0.29, 0.717) is 6.04 Å². The molecule has 3 aromatic heterocycles. The molecule has 22 heavy (non-hydrogen) atoms. The molecule has 1 atom stereocenters. The fraction of sp³-hybridized carbons (Fsp3) is 0.294. The lowest BCUT2D eigenvalue weighted by Gasteiger charge is -2.36. The van der Waals surface area contributed by atoms with Gasteiger partial charge in [-0.25, -0.2) is 4.98 Å². The largest absolute Gasteiger partial charge is 0.377 e. The quantitative estimate of drug-likeness (QED) is 0.789. The zero-order valence-corrected chi connectivity index (χ0v) is 12.5. The molecule has 1 fully saturated rings. The molecule has 4 rings (SSSR count). The van der Waals surface area contributed by atoms with Crippen molar-refractivity contribution < 1.29 is 4.74 Å². The molecule has 0 radical (unpaired) electrons. The third-order valence-corrected chi connectivity index (χ3v) is 4.14. The van der Waals surface area contributed by atoms with E-state index in [-0.39, 0.29) is 0 Å². The van der Waals surface area contributed by atoms with Crippen molar-refractivity contribution >= 4 is 16.6 Å². The van der Waals surface area contributed by atoms with Crippen LogP contribution in [0.1, 0.15) is 6.92 Å². The van der Waals surface area contributed by atoms with Crippen LogP contribution < -0.4 is 4.90 Å². The molecule has 1 aliphatic rings. The molecule has 1 saturated heterocycles. The second-order valence-electron chi connectivity index (χ2n) is 5.62. The lowest BCUT2D eigenvalue weighted by Crippen LogP contribution is -2.43. The van der Waals surface area contributed by atoms with E-state index in [1.54, 1.807) is 0 Å². The van der Waals surface area contributed by atoms with Crippen LogP contribution in [0.2, 0.25) is 0 Å². The number of H-pyrrole nitrogens is 1. The highest BCUT2D eigenvalue weighted by Gasteiger charge is 2.22. The van der Waals surface area contributed by atoms with Crippen LogP contribution in [0.5, 0.6) is 0 Å². The molecule has 112 valence electrons. The predicted octanol–water partition coefficient (Wildman–Crippen LogP) is 2.85. The highest BCUT2D eigenvalue weighted by Crippen LogP contribution is 2.31. The van der Waals surface area contributed by atoms with Gasteiger partial charge in [0.2, 0.25) is 0 Å². The van der Waals surface area contributed by atoms with E-state index in [1.165, 1.54) is 5.69 Å². The summed E-state index contributed by atoms with van der Waals surface area (Å²) in [6, 6.07) is 8.58. The van der Waals surface area contributed by atoms with Gasteiger partial charge in [0.25, 0.3) is 0 Å². The molecule has 4 heterocycles. The normalized spacial score (nSPS) is 18.8. The average Bonchev–Trinajstić information content (AvgIpc) is 3.09. The van der Waals surface area contributed by atoms with E-state index in [0.717, 1.165) is 42.0 Å². The maximum absolute atomic E-state index is 5.57. The summed E-state index contributed by atoms with van der Waals surface area (Å²) in [5, 5.41) is 1.14. The predicted molar refractivity (Wildman–Crippen MR) is 87.0 cm³/mol. The first-order valence-electron chi connectivity index (χ1n) is 7.56. The van der Waals surface area contributed by atoms with Crippen molar-refractivity contribution in [2.45, 2.75) is 13.0 Å². The van der Waals surface area contributed by atoms with Crippen molar-refractivity contribution in [3.05, 3.63) is 42.9 Å². The SMILES string of the molecule is C[C@@H]1COCCN1c1cc(-c2ccc[nH]2)nc2cnccc12. The van der Waals surface area contributed by atoms with Crippen LogP contribution in [0.3, 0.4) is 0 Å². The standard InChI is InChI=1S/C17H18N4O/c1-12-11-22-8-7-21(12)17-9-15(14-3-2-5-19-14)20-16-10-18-6-4-13(16)17/h2-6,9-10,12,19H,7-8,11H2,1H3/t12-/m1/s1. The van der Waals surface area contributed by atoms with E-state index in [9.17, 15) is 0 Å². The number of ether oxygens (including phenoxy) is 1. The summed E-state index contributed by atoms with van der Waals surface area (Å²) in [6.07, 6.45) is 5.57. The van der Waals surface area contributed by atoms with E-state index in [2.05, 4.69) is 27.9 Å². The molecule has 0 spiro atoms. The molecule has 0 amide bonds. The Labute approximate surface area is 129 Å². The number of aromatic nitrogens is 3. The Hall–Kier alpha value is -2.40. The number of pyridine rings is 2. The molecule has 0 aliphatic carbocycles. The second kappa shape index (κ2) is 5.42. The number of aromatic amines is 1. The number of anilines is 1. The average molecular weight is 294 g/mol. The lowest BCUT2D eigenvalue weighted by atomic mass is 10.1. The molecule has 5 nitrogen and oxygen atoms in total. The van der Waals surface area contributed by atoms with Gasteiger partial charge in [-0.3, -0.25) is 4.98 Å². The van der Waals surface area contributed by atoms with E-state index < -0.39 is 0 Å². The van der Waals surface area contributed by atoms with Gasteiger partial charge in [0.15, 0.2) is 0 Å². The summed E-state index contributed by atoms with van der Waals surface area (Å²) in [5.74, 6) is 0. The van der Waals surface area contributed by atoms with Crippen molar-refractivity contribution in [3.8, 4) is 11.4 Å². The first-order valence-corrected chi connectivity index (χ1v) is 7.56. The highest BCUT2D eigenvalue weighted by atomic mass is 16.5. The summed E-state index contributed by atoms with van der Waals surface area (Å²) >= 11 is 0. The van der Waals surface area contributed by atoms with Gasteiger partial charge in [0.1, 0.15) is 0 Å². The van der Waals surface area contributed by atoms with Gasteiger partial charge in [-0.15, -0.1) is 0 Å². The molecular formula is C17H18N4O. The van der Waals surface area contributed by atoms with Gasteiger partial charge >= 0.3 is 0 Å². The van der Waals surface area contributed by atoms with Crippen molar-refractivity contribution in [3.63, 3.8) is 0 Å². The summed E-state index contributed by atoms with van der Waals surface area (Å²) in [7, 11) is 0. The van der Waals surface area contributed by atoms with Gasteiger partial charge in [-0.2, -0.15) is 0 Å². The van der Waals surface area contributed by atoms with E-state index in [1.807, 2.05) is 36.8 Å². The van der Waals surface area contributed by atoms with E-state index in [4.69, 9.17) is 9.72 Å². The summed E-state index contributed by atoms with van der Waals surface area (Å²) in [4.78, 5) is 14.6. The number of fused-ring (bicyclic) bond motifs is 1. The van der Waals surface area contributed by atoms with Crippen molar-refractivity contribution in [2.75, 3.05) is 24.7 Å². The van der Waals surface area contributed by atoms with Crippen molar-refractivity contribution in [2.24, 2.45) is 0 Å². The third-order valence-electron chi connectivity index (χ3n) is 4.14. The van der Waals surface area contributed by atoms with Gasteiger partial charge in [0.05, 0.1) is 36.3 Å². The fourth-order valence-electron chi connectivity index (χ4n) is 3.01. The van der Waals surface area contributed by atoms with Gasteiger partial charge in [-0.05, 0) is 31.2 Å². The van der Waals surface area contributed by atoms with Crippen molar-refractivity contribution in [1.82, 2.24) is 15.0 Å². The molecule has 1 N–H and O–H groups in total. The monoisotopic (exact) mass is 294 g/mol. The molecule has 1 aliphatic heterocycles. The van der Waals surface area contributed by atoms with Crippen LogP contribution in [-0.2, 0) is 4.74 Å². The molecule has 5 heteroatoms. The molecular weight excluding hydrogens is 276 g/mol. The Kier molecular flexibility index (Phi) is 3.27. The second-order valence-corrected chi connectivity index (χ2v) is 5.62. The van der Waals surface area contributed by atoms with Gasteiger partial charge < -0.3 is 14.6 Å². The van der Waals surface area contributed by atoms with Crippen LogP contribution in [0.15, 0.2) is 42.9 Å². The molecule has 0 unspecified atom stereocenters. The molecule has 0 bridgehead atoms. The van der Waals surface area contributed by atoms with E-state index >= 15 is 0 Å². The van der Waals surface area contributed by atoms with Gasteiger partial charge in [0, 0.05) is 36.1 Å². The number of morpholine rings is 1. The summed E-state index contributed by atoms with van der Waals surface area (Å²) in [6.45, 7) is 4.61. The topological polar surface area (TPSA) is 54.0 Å². The van der Waals surface area contributed by atoms with Crippen LogP contribution in [0.25, 0.3) is 22.3 Å². The minimum Gasteiger partial charge on any atom is -0.377 e. The summed E-state index contributed by atoms with van der Waals surface area (Å²) < 4.78 is 5.57. The first kappa shape index (κ1) is 13.3. The Morgan fingerprint density at radius 1 is 1.36 bits per heavy atom. The lowest BCUT2D eigenvalue weighted by molar-refractivity contribution is 0.0991. The Morgan fingerprint density at radius 3 is 3.14 bits per heavy atom. The first-order chi connectivity index (χ1) is 10.8. The maximum Gasteiger partial charge on any atom is 0.0914 e. The number of rotatable bonds is 2. The zero-order chi connectivity index (χ0) is 14.9. The van der Waals surface area contributed by atoms with Gasteiger partial charge in [-0.1, -0.05) is 0 Å². The highest BCUT2D eigenvalue weighted by molar-refractivity contribution is 5.93. The minimum absolute atomic E-state index is 0.351. The summed E-state index contributed by atoms with van der Waals surface area (Å²) in [5.41, 5.74) is 4.09. The number of hydrogen-bond donors (Lipinski definition) is 1. The Balaban J connectivity index is 1.91. The number of nitrogens with zero attached hydrogens (tertiary/aromatic N) is 3. The van der Waals surface area contributed by atoms with Crippen LogP contribution in [0.4, 0.5) is 5.69 Å².